The lowest BCUT2D eigenvalue weighted by Crippen LogP contribution is -2.50. The van der Waals surface area contributed by atoms with Gasteiger partial charge in [-0.15, -0.1) is 12.4 Å². The first-order valence-electron chi connectivity index (χ1n) is 8.42. The van der Waals surface area contributed by atoms with Crippen LogP contribution in [0.4, 0.5) is 10.5 Å². The fraction of sp³-hybridized carbons (Fsp3) is 0.556. The molecule has 1 fully saturated rings. The van der Waals surface area contributed by atoms with Gasteiger partial charge in [0.05, 0.1) is 13.2 Å². The molecule has 1 aromatic rings. The number of hydrogen-bond acceptors (Lipinski definition) is 4. The van der Waals surface area contributed by atoms with Gasteiger partial charge in [0.1, 0.15) is 0 Å². The van der Waals surface area contributed by atoms with Gasteiger partial charge in [-0.2, -0.15) is 0 Å². The van der Waals surface area contributed by atoms with Crippen molar-refractivity contribution in [2.24, 2.45) is 0 Å². The molecule has 0 radical (unpaired) electrons. The summed E-state index contributed by atoms with van der Waals surface area (Å²) in [5.74, 6) is -0.0189. The van der Waals surface area contributed by atoms with Crippen LogP contribution in [0.5, 0.6) is 0 Å². The molecule has 0 saturated carbocycles. The van der Waals surface area contributed by atoms with E-state index in [1.165, 1.54) is 5.56 Å². The van der Waals surface area contributed by atoms with Gasteiger partial charge >= 0.3 is 6.09 Å². The number of nitrogens with zero attached hydrogens (tertiary/aromatic N) is 2. The van der Waals surface area contributed by atoms with Crippen LogP contribution in [0.2, 0.25) is 0 Å². The van der Waals surface area contributed by atoms with Gasteiger partial charge in [0, 0.05) is 31.9 Å². The molecule has 0 unspecified atom stereocenters. The highest BCUT2D eigenvalue weighted by Gasteiger charge is 2.23. The lowest BCUT2D eigenvalue weighted by Gasteiger charge is -2.33. The van der Waals surface area contributed by atoms with Gasteiger partial charge in [-0.1, -0.05) is 17.7 Å². The molecule has 0 aliphatic carbocycles. The largest absolute Gasteiger partial charge is 0.450 e. The first kappa shape index (κ1) is 21.3. The normalized spacial score (nSPS) is 14.6. The second-order valence-corrected chi connectivity index (χ2v) is 6.28. The minimum atomic E-state index is -0.271. The Kier molecular flexibility index (Phi) is 8.19. The molecule has 0 bridgehead atoms. The average molecular weight is 370 g/mol. The van der Waals surface area contributed by atoms with Crippen molar-refractivity contribution in [3.8, 4) is 0 Å². The van der Waals surface area contributed by atoms with E-state index in [0.717, 1.165) is 16.8 Å². The third-order valence-electron chi connectivity index (χ3n) is 4.21. The van der Waals surface area contributed by atoms with Crippen molar-refractivity contribution in [1.29, 1.82) is 0 Å². The maximum atomic E-state index is 12.3. The van der Waals surface area contributed by atoms with Gasteiger partial charge in [-0.3, -0.25) is 9.69 Å². The van der Waals surface area contributed by atoms with Crippen LogP contribution in [0.25, 0.3) is 0 Å². The molecule has 0 aromatic heterocycles. The fourth-order valence-corrected chi connectivity index (χ4v) is 3.06. The summed E-state index contributed by atoms with van der Waals surface area (Å²) < 4.78 is 5.00. The summed E-state index contributed by atoms with van der Waals surface area (Å²) in [6, 6.07) is 4.14. The number of aryl methyl sites for hydroxylation is 3. The van der Waals surface area contributed by atoms with E-state index in [1.54, 1.807) is 11.8 Å². The van der Waals surface area contributed by atoms with Crippen LogP contribution in [0.15, 0.2) is 12.1 Å². The highest BCUT2D eigenvalue weighted by atomic mass is 35.5. The second-order valence-electron chi connectivity index (χ2n) is 6.28. The van der Waals surface area contributed by atoms with Gasteiger partial charge in [0.15, 0.2) is 0 Å². The molecule has 1 heterocycles. The summed E-state index contributed by atoms with van der Waals surface area (Å²) in [5.41, 5.74) is 4.25. The third-order valence-corrected chi connectivity index (χ3v) is 4.21. The van der Waals surface area contributed by atoms with Gasteiger partial charge in [-0.05, 0) is 38.8 Å². The Labute approximate surface area is 155 Å². The summed E-state index contributed by atoms with van der Waals surface area (Å²) in [4.78, 5) is 27.8. The topological polar surface area (TPSA) is 61.9 Å². The zero-order valence-electron chi connectivity index (χ0n) is 15.4. The number of carbonyl (C=O) groups is 2. The van der Waals surface area contributed by atoms with Crippen molar-refractivity contribution >= 4 is 30.1 Å². The average Bonchev–Trinajstić information content (AvgIpc) is 2.52. The van der Waals surface area contributed by atoms with Crippen molar-refractivity contribution in [3.05, 3.63) is 28.8 Å². The lowest BCUT2D eigenvalue weighted by atomic mass is 10.1. The van der Waals surface area contributed by atoms with Crippen molar-refractivity contribution in [3.63, 3.8) is 0 Å². The molecule has 0 spiro atoms. The van der Waals surface area contributed by atoms with Crippen molar-refractivity contribution in [2.45, 2.75) is 27.7 Å². The number of halogens is 1. The molecule has 1 aliphatic rings. The summed E-state index contributed by atoms with van der Waals surface area (Å²) >= 11 is 0. The van der Waals surface area contributed by atoms with Crippen LogP contribution >= 0.6 is 12.4 Å². The minimum Gasteiger partial charge on any atom is -0.450 e. The Morgan fingerprint density at radius 3 is 2.16 bits per heavy atom. The number of piperazine rings is 1. The maximum absolute atomic E-state index is 12.3. The lowest BCUT2D eigenvalue weighted by molar-refractivity contribution is -0.117. The number of ether oxygens (including phenoxy) is 1. The van der Waals surface area contributed by atoms with E-state index >= 15 is 0 Å². The minimum absolute atomic E-state index is 0. The molecule has 25 heavy (non-hydrogen) atoms. The molecule has 0 atom stereocenters. The fourth-order valence-electron chi connectivity index (χ4n) is 3.06. The summed E-state index contributed by atoms with van der Waals surface area (Å²) in [6.45, 7) is 11.1. The molecule has 1 saturated heterocycles. The zero-order chi connectivity index (χ0) is 17.7. The van der Waals surface area contributed by atoms with E-state index in [-0.39, 0.29) is 24.4 Å². The number of amides is 2. The quantitative estimate of drug-likeness (QED) is 0.886. The van der Waals surface area contributed by atoms with Gasteiger partial charge < -0.3 is 15.0 Å². The first-order valence-corrected chi connectivity index (χ1v) is 8.42. The molecule has 140 valence electrons. The highest BCUT2D eigenvalue weighted by molar-refractivity contribution is 5.93. The Hall–Kier alpha value is -1.79. The number of anilines is 1. The van der Waals surface area contributed by atoms with E-state index in [0.29, 0.717) is 39.3 Å². The second kappa shape index (κ2) is 9.63. The molecule has 1 N–H and O–H groups in total. The van der Waals surface area contributed by atoms with Gasteiger partial charge in [-0.25, -0.2) is 4.79 Å². The summed E-state index contributed by atoms with van der Waals surface area (Å²) in [7, 11) is 0. The van der Waals surface area contributed by atoms with E-state index in [2.05, 4.69) is 29.3 Å². The number of benzene rings is 1. The number of carbonyl (C=O) groups excluding carboxylic acids is 2. The van der Waals surface area contributed by atoms with Crippen LogP contribution < -0.4 is 5.32 Å². The van der Waals surface area contributed by atoms with E-state index < -0.39 is 0 Å². The molecule has 1 aromatic carbocycles. The van der Waals surface area contributed by atoms with E-state index in [9.17, 15) is 9.59 Å². The van der Waals surface area contributed by atoms with E-state index in [1.807, 2.05) is 13.8 Å². The van der Waals surface area contributed by atoms with Crippen LogP contribution in [0.1, 0.15) is 23.6 Å². The van der Waals surface area contributed by atoms with Crippen LogP contribution in [0, 0.1) is 20.8 Å². The van der Waals surface area contributed by atoms with Crippen molar-refractivity contribution < 1.29 is 14.3 Å². The van der Waals surface area contributed by atoms with Crippen molar-refractivity contribution in [2.75, 3.05) is 44.6 Å². The summed E-state index contributed by atoms with van der Waals surface area (Å²) in [6.07, 6.45) is -0.271. The number of hydrogen-bond donors (Lipinski definition) is 1. The van der Waals surface area contributed by atoms with Crippen LogP contribution in [-0.2, 0) is 9.53 Å². The molecule has 2 amide bonds. The Morgan fingerprint density at radius 1 is 1.08 bits per heavy atom. The summed E-state index contributed by atoms with van der Waals surface area (Å²) in [5, 5.41) is 3.02. The van der Waals surface area contributed by atoms with Crippen LogP contribution in [0.3, 0.4) is 0 Å². The molecular formula is C18H28ClN3O3. The predicted molar refractivity (Wildman–Crippen MR) is 102 cm³/mol. The zero-order valence-corrected chi connectivity index (χ0v) is 16.2. The third kappa shape index (κ3) is 5.90. The molecule has 7 heteroatoms. The number of rotatable bonds is 4. The Bertz CT molecular complexity index is 591. The van der Waals surface area contributed by atoms with Gasteiger partial charge in [0.2, 0.25) is 5.91 Å². The molecule has 1 aliphatic heterocycles. The molecular weight excluding hydrogens is 342 g/mol. The standard InChI is InChI=1S/C18H27N3O3.ClH/c1-5-24-18(23)21-8-6-20(7-9-21)12-16(22)19-17-14(3)10-13(2)11-15(17)4;/h10-11H,5-9,12H2,1-4H3,(H,19,22);1H. The molecule has 6 nitrogen and oxygen atoms in total. The monoisotopic (exact) mass is 369 g/mol. The predicted octanol–water partition coefficient (Wildman–Crippen LogP) is 2.75. The van der Waals surface area contributed by atoms with Gasteiger partial charge in [0.25, 0.3) is 0 Å². The highest BCUT2D eigenvalue weighted by Crippen LogP contribution is 2.21. The van der Waals surface area contributed by atoms with Crippen molar-refractivity contribution in [1.82, 2.24) is 9.80 Å². The Morgan fingerprint density at radius 2 is 1.64 bits per heavy atom. The first-order chi connectivity index (χ1) is 11.4. The van der Waals surface area contributed by atoms with E-state index in [4.69, 9.17) is 4.74 Å². The maximum Gasteiger partial charge on any atom is 0.409 e. The number of nitrogens with one attached hydrogen (secondary N) is 1. The Balaban J connectivity index is 0.00000312. The smallest absolute Gasteiger partial charge is 0.409 e. The molecule has 2 rings (SSSR count). The van der Waals surface area contributed by atoms with Crippen LogP contribution in [-0.4, -0.2) is 61.1 Å². The SMILES string of the molecule is CCOC(=O)N1CCN(CC(=O)Nc2c(C)cc(C)cc2C)CC1.Cl.